The fourth-order valence-corrected chi connectivity index (χ4v) is 1.68. The highest BCUT2D eigenvalue weighted by atomic mass is 127. The van der Waals surface area contributed by atoms with Crippen LogP contribution in [0.15, 0.2) is 18.2 Å². The van der Waals surface area contributed by atoms with Gasteiger partial charge in [-0.25, -0.2) is 0 Å². The van der Waals surface area contributed by atoms with Gasteiger partial charge in [0.15, 0.2) is 0 Å². The first-order valence-electron chi connectivity index (χ1n) is 5.14. The fraction of sp³-hybridized carbons (Fsp3) is 0.417. The monoisotopic (exact) mass is 368 g/mol. The van der Waals surface area contributed by atoms with Gasteiger partial charge in [0.05, 0.1) is 0 Å². The summed E-state index contributed by atoms with van der Waals surface area (Å²) in [5, 5.41) is 2.90. The summed E-state index contributed by atoms with van der Waals surface area (Å²) >= 11 is 2.23. The van der Waals surface area contributed by atoms with Crippen LogP contribution in [0.5, 0.6) is 0 Å². The number of carbonyl (C=O) groups excluding carboxylic acids is 1. The molecule has 0 atom stereocenters. The largest absolute Gasteiger partial charge is 0.346 e. The van der Waals surface area contributed by atoms with Gasteiger partial charge in [0.2, 0.25) is 0 Å². The molecule has 0 aliphatic carbocycles. The summed E-state index contributed by atoms with van der Waals surface area (Å²) in [5.74, 6) is -0.0756. The Balaban J connectivity index is 0.00000256. The highest BCUT2D eigenvalue weighted by molar-refractivity contribution is 14.1. The number of halogens is 2. The molecule has 0 spiro atoms. The van der Waals surface area contributed by atoms with Crippen molar-refractivity contribution in [3.05, 3.63) is 32.9 Å². The van der Waals surface area contributed by atoms with E-state index in [2.05, 4.69) is 27.9 Å². The van der Waals surface area contributed by atoms with Crippen molar-refractivity contribution in [3.8, 4) is 0 Å². The molecule has 0 aromatic heterocycles. The summed E-state index contributed by atoms with van der Waals surface area (Å²) in [5.41, 5.74) is 7.06. The Morgan fingerprint density at radius 1 is 1.47 bits per heavy atom. The first kappa shape index (κ1) is 16.7. The van der Waals surface area contributed by atoms with Crippen LogP contribution in [0.1, 0.15) is 29.8 Å². The second kappa shape index (κ2) is 6.56. The van der Waals surface area contributed by atoms with Crippen LogP contribution in [0.25, 0.3) is 0 Å². The van der Waals surface area contributed by atoms with Crippen LogP contribution in [0.3, 0.4) is 0 Å². The Hall–Kier alpha value is -0.330. The van der Waals surface area contributed by atoms with Crippen molar-refractivity contribution in [1.82, 2.24) is 5.32 Å². The van der Waals surface area contributed by atoms with Crippen LogP contribution in [0.4, 0.5) is 0 Å². The first-order chi connectivity index (χ1) is 7.35. The minimum absolute atomic E-state index is 0. The van der Waals surface area contributed by atoms with Crippen LogP contribution >= 0.6 is 35.0 Å². The Morgan fingerprint density at radius 2 is 2.06 bits per heavy atom. The maximum absolute atomic E-state index is 11.9. The van der Waals surface area contributed by atoms with Gasteiger partial charge in [0.1, 0.15) is 0 Å². The standard InChI is InChI=1S/C12H17IN2O.ClH/c1-8-4-5-9(6-10(8)13)11(16)15-12(2,3)7-14;/h4-6H,7,14H2,1-3H3,(H,15,16);1H. The predicted molar refractivity (Wildman–Crippen MR) is 81.7 cm³/mol. The maximum Gasteiger partial charge on any atom is 0.251 e. The van der Waals surface area contributed by atoms with Gasteiger partial charge < -0.3 is 11.1 Å². The molecule has 3 N–H and O–H groups in total. The van der Waals surface area contributed by atoms with E-state index in [0.717, 1.165) is 3.57 Å². The predicted octanol–water partition coefficient (Wildman–Crippen LogP) is 2.49. The second-order valence-electron chi connectivity index (χ2n) is 4.51. The molecule has 1 aromatic rings. The van der Waals surface area contributed by atoms with Crippen LogP contribution in [0.2, 0.25) is 0 Å². The number of aryl methyl sites for hydroxylation is 1. The number of nitrogens with two attached hydrogens (primary N) is 1. The molecule has 0 radical (unpaired) electrons. The van der Waals surface area contributed by atoms with Gasteiger partial charge in [0.25, 0.3) is 5.91 Å². The van der Waals surface area contributed by atoms with Gasteiger partial charge in [-0.1, -0.05) is 6.07 Å². The molecule has 1 rings (SSSR count). The molecule has 0 heterocycles. The van der Waals surface area contributed by atoms with Gasteiger partial charge in [0, 0.05) is 21.2 Å². The highest BCUT2D eigenvalue weighted by Gasteiger charge is 2.19. The van der Waals surface area contributed by atoms with Crippen LogP contribution < -0.4 is 11.1 Å². The van der Waals surface area contributed by atoms with E-state index in [9.17, 15) is 4.79 Å². The number of carbonyl (C=O) groups is 1. The number of benzene rings is 1. The van der Waals surface area contributed by atoms with E-state index in [1.165, 1.54) is 5.56 Å². The van der Waals surface area contributed by atoms with Crippen LogP contribution in [-0.4, -0.2) is 18.0 Å². The zero-order valence-electron chi connectivity index (χ0n) is 10.2. The van der Waals surface area contributed by atoms with E-state index in [-0.39, 0.29) is 23.9 Å². The van der Waals surface area contributed by atoms with E-state index >= 15 is 0 Å². The zero-order chi connectivity index (χ0) is 12.3. The molecular formula is C12H18ClIN2O. The Kier molecular flexibility index (Phi) is 6.43. The summed E-state index contributed by atoms with van der Waals surface area (Å²) in [6, 6.07) is 5.67. The topological polar surface area (TPSA) is 55.1 Å². The van der Waals surface area contributed by atoms with Crippen molar-refractivity contribution in [2.24, 2.45) is 5.73 Å². The molecule has 1 amide bonds. The van der Waals surface area contributed by atoms with E-state index in [1.807, 2.05) is 39.0 Å². The molecule has 0 saturated carbocycles. The number of hydrogen-bond acceptors (Lipinski definition) is 2. The Morgan fingerprint density at radius 3 is 2.53 bits per heavy atom. The van der Waals surface area contributed by atoms with Crippen LogP contribution in [0, 0.1) is 10.5 Å². The highest BCUT2D eigenvalue weighted by Crippen LogP contribution is 2.14. The fourth-order valence-electron chi connectivity index (χ4n) is 1.16. The summed E-state index contributed by atoms with van der Waals surface area (Å²) in [6.45, 7) is 6.25. The third-order valence-electron chi connectivity index (χ3n) is 2.40. The molecule has 96 valence electrons. The summed E-state index contributed by atoms with van der Waals surface area (Å²) < 4.78 is 1.09. The molecule has 0 bridgehead atoms. The quantitative estimate of drug-likeness (QED) is 0.806. The van der Waals surface area contributed by atoms with E-state index in [4.69, 9.17) is 5.73 Å². The lowest BCUT2D eigenvalue weighted by Gasteiger charge is -2.24. The van der Waals surface area contributed by atoms with Gasteiger partial charge in [-0.05, 0) is 61.1 Å². The molecule has 0 fully saturated rings. The van der Waals surface area contributed by atoms with Crippen molar-refractivity contribution in [2.75, 3.05) is 6.54 Å². The lowest BCUT2D eigenvalue weighted by molar-refractivity contribution is 0.0915. The molecule has 0 aliphatic heterocycles. The van der Waals surface area contributed by atoms with Gasteiger partial charge in [-0.3, -0.25) is 4.79 Å². The lowest BCUT2D eigenvalue weighted by atomic mass is 10.0. The molecule has 5 heteroatoms. The Bertz CT molecular complexity index is 407. The van der Waals surface area contributed by atoms with E-state index in [1.54, 1.807) is 0 Å². The number of nitrogens with one attached hydrogen (secondary N) is 1. The maximum atomic E-state index is 11.9. The number of rotatable bonds is 3. The molecule has 1 aromatic carbocycles. The summed E-state index contributed by atoms with van der Waals surface area (Å²) in [7, 11) is 0. The normalized spacial score (nSPS) is 10.6. The third-order valence-corrected chi connectivity index (χ3v) is 3.56. The molecule has 0 aliphatic rings. The van der Waals surface area contributed by atoms with Gasteiger partial charge >= 0.3 is 0 Å². The van der Waals surface area contributed by atoms with Crippen molar-refractivity contribution in [2.45, 2.75) is 26.3 Å². The molecule has 17 heavy (non-hydrogen) atoms. The average Bonchev–Trinajstić information content (AvgIpc) is 2.21. The minimum Gasteiger partial charge on any atom is -0.346 e. The first-order valence-corrected chi connectivity index (χ1v) is 6.22. The Labute approximate surface area is 122 Å². The summed E-state index contributed by atoms with van der Waals surface area (Å²) in [6.07, 6.45) is 0. The molecule has 0 saturated heterocycles. The average molecular weight is 369 g/mol. The van der Waals surface area contributed by atoms with Crippen molar-refractivity contribution < 1.29 is 4.79 Å². The van der Waals surface area contributed by atoms with Crippen molar-refractivity contribution in [3.63, 3.8) is 0 Å². The van der Waals surface area contributed by atoms with Crippen molar-refractivity contribution in [1.29, 1.82) is 0 Å². The molecular weight excluding hydrogens is 351 g/mol. The van der Waals surface area contributed by atoms with E-state index < -0.39 is 0 Å². The zero-order valence-corrected chi connectivity index (χ0v) is 13.2. The minimum atomic E-state index is -0.368. The number of hydrogen-bond donors (Lipinski definition) is 2. The number of amides is 1. The van der Waals surface area contributed by atoms with Crippen molar-refractivity contribution >= 4 is 40.9 Å². The van der Waals surface area contributed by atoms with Gasteiger partial charge in [-0.2, -0.15) is 0 Å². The summed E-state index contributed by atoms with van der Waals surface area (Å²) in [4.78, 5) is 11.9. The van der Waals surface area contributed by atoms with E-state index in [0.29, 0.717) is 12.1 Å². The smallest absolute Gasteiger partial charge is 0.251 e. The lowest BCUT2D eigenvalue weighted by Crippen LogP contribution is -2.48. The van der Waals surface area contributed by atoms with Gasteiger partial charge in [-0.15, -0.1) is 12.4 Å². The molecule has 3 nitrogen and oxygen atoms in total. The second-order valence-corrected chi connectivity index (χ2v) is 5.67. The third kappa shape index (κ3) is 4.81. The van der Waals surface area contributed by atoms with Crippen LogP contribution in [-0.2, 0) is 0 Å². The molecule has 0 unspecified atom stereocenters. The SMILES string of the molecule is Cc1ccc(C(=O)NC(C)(C)CN)cc1I.Cl.